The highest BCUT2D eigenvalue weighted by molar-refractivity contribution is 5.88. The molecule has 7 heteroatoms. The van der Waals surface area contributed by atoms with Gasteiger partial charge in [-0.25, -0.2) is 9.79 Å². The first kappa shape index (κ1) is 17.6. The number of fused-ring (bicyclic) bond motifs is 2. The lowest BCUT2D eigenvalue weighted by atomic mass is 9.96. The molecule has 1 aromatic heterocycles. The molecule has 0 aliphatic carbocycles. The zero-order chi connectivity index (χ0) is 19.1. The van der Waals surface area contributed by atoms with Crippen LogP contribution in [0.3, 0.4) is 0 Å². The summed E-state index contributed by atoms with van der Waals surface area (Å²) < 4.78 is 7.94. The number of aliphatic imine (C=N–C) groups is 1. The van der Waals surface area contributed by atoms with Gasteiger partial charge in [-0.1, -0.05) is 18.6 Å². The third-order valence-electron chi connectivity index (χ3n) is 5.55. The minimum atomic E-state index is -0.348. The molecule has 0 radical (unpaired) electrons. The third-order valence-corrected chi connectivity index (χ3v) is 5.55. The number of aromatic nitrogens is 2. The zero-order valence-corrected chi connectivity index (χ0v) is 15.9. The number of amidine groups is 1. The molecule has 142 valence electrons. The van der Waals surface area contributed by atoms with Crippen LogP contribution in [-0.4, -0.2) is 33.5 Å². The molecule has 0 spiro atoms. The molecule has 2 aliphatic heterocycles. The standard InChI is InChI=1S/C20H24N4O3/c1-22-18-16(19(25)23(2)20(22)26)17(13-8-10-14(27-3)11-9-13)24-12-6-4-5-7-15(24)21-18/h8-11,17H,4-7,12H2,1-3H3/t17-/m1/s1. The van der Waals surface area contributed by atoms with Crippen molar-refractivity contribution in [3.05, 3.63) is 56.2 Å². The quantitative estimate of drug-likeness (QED) is 0.814. The Bertz CT molecular complexity index is 1020. The molecule has 3 heterocycles. The van der Waals surface area contributed by atoms with E-state index >= 15 is 0 Å². The molecular weight excluding hydrogens is 344 g/mol. The van der Waals surface area contributed by atoms with E-state index in [2.05, 4.69) is 4.90 Å². The normalized spacial score (nSPS) is 19.0. The maximum atomic E-state index is 13.1. The number of nitrogens with zero attached hydrogens (tertiary/aromatic N) is 4. The van der Waals surface area contributed by atoms with Crippen molar-refractivity contribution in [2.75, 3.05) is 13.7 Å². The summed E-state index contributed by atoms with van der Waals surface area (Å²) in [7, 11) is 4.84. The van der Waals surface area contributed by atoms with Crippen molar-refractivity contribution in [1.29, 1.82) is 0 Å². The zero-order valence-electron chi connectivity index (χ0n) is 15.9. The molecular formula is C20H24N4O3. The van der Waals surface area contributed by atoms with Crippen molar-refractivity contribution in [1.82, 2.24) is 14.0 Å². The first-order valence-corrected chi connectivity index (χ1v) is 9.31. The van der Waals surface area contributed by atoms with Crippen LogP contribution < -0.4 is 16.0 Å². The number of benzene rings is 1. The molecule has 2 aromatic rings. The Morgan fingerprint density at radius 3 is 2.48 bits per heavy atom. The van der Waals surface area contributed by atoms with Gasteiger partial charge in [0.05, 0.1) is 18.7 Å². The Kier molecular flexibility index (Phi) is 4.37. The number of hydrogen-bond donors (Lipinski definition) is 0. The molecule has 0 bridgehead atoms. The predicted octanol–water partition coefficient (Wildman–Crippen LogP) is 2.10. The van der Waals surface area contributed by atoms with Gasteiger partial charge in [0.1, 0.15) is 17.4 Å². The summed E-state index contributed by atoms with van der Waals surface area (Å²) in [5.74, 6) is 2.22. The highest BCUT2D eigenvalue weighted by Crippen LogP contribution is 2.38. The summed E-state index contributed by atoms with van der Waals surface area (Å²) in [4.78, 5) is 32.5. The van der Waals surface area contributed by atoms with Crippen molar-refractivity contribution >= 4 is 11.7 Å². The van der Waals surface area contributed by atoms with Crippen molar-refractivity contribution in [3.8, 4) is 5.75 Å². The monoisotopic (exact) mass is 368 g/mol. The van der Waals surface area contributed by atoms with Crippen LogP contribution >= 0.6 is 0 Å². The van der Waals surface area contributed by atoms with Gasteiger partial charge >= 0.3 is 5.69 Å². The third kappa shape index (κ3) is 2.78. The molecule has 0 unspecified atom stereocenters. The maximum Gasteiger partial charge on any atom is 0.332 e. The molecule has 0 saturated carbocycles. The Labute approximate surface area is 157 Å². The van der Waals surface area contributed by atoms with E-state index < -0.39 is 0 Å². The minimum Gasteiger partial charge on any atom is -0.497 e. The van der Waals surface area contributed by atoms with E-state index in [4.69, 9.17) is 9.73 Å². The predicted molar refractivity (Wildman–Crippen MR) is 104 cm³/mol. The second-order valence-corrected chi connectivity index (χ2v) is 7.15. The lowest BCUT2D eigenvalue weighted by Gasteiger charge is -2.37. The lowest BCUT2D eigenvalue weighted by Crippen LogP contribution is -2.46. The summed E-state index contributed by atoms with van der Waals surface area (Å²) in [5, 5.41) is 0. The first-order valence-electron chi connectivity index (χ1n) is 9.31. The van der Waals surface area contributed by atoms with Crippen molar-refractivity contribution < 1.29 is 4.74 Å². The van der Waals surface area contributed by atoms with Crippen LogP contribution in [0.2, 0.25) is 0 Å². The SMILES string of the molecule is COc1ccc([C@@H]2c3c(n(C)c(=O)n(C)c3=O)N=C3CCCCCN32)cc1. The Hall–Kier alpha value is -2.83. The number of rotatable bonds is 2. The van der Waals surface area contributed by atoms with Gasteiger partial charge in [-0.3, -0.25) is 13.9 Å². The van der Waals surface area contributed by atoms with E-state index in [0.29, 0.717) is 11.4 Å². The van der Waals surface area contributed by atoms with Gasteiger partial charge in [0, 0.05) is 27.1 Å². The molecule has 1 aromatic carbocycles. The molecule has 2 aliphatic rings. The maximum absolute atomic E-state index is 13.1. The molecule has 1 saturated heterocycles. The Morgan fingerprint density at radius 2 is 1.78 bits per heavy atom. The molecule has 0 amide bonds. The second kappa shape index (κ2) is 6.72. The van der Waals surface area contributed by atoms with Crippen LogP contribution in [0.1, 0.15) is 42.9 Å². The fourth-order valence-corrected chi connectivity index (χ4v) is 4.06. The summed E-state index contributed by atoms with van der Waals surface area (Å²) in [6.07, 6.45) is 4.12. The van der Waals surface area contributed by atoms with Gasteiger partial charge in [0.25, 0.3) is 5.56 Å². The van der Waals surface area contributed by atoms with Gasteiger partial charge in [-0.2, -0.15) is 0 Å². The van der Waals surface area contributed by atoms with Crippen molar-refractivity contribution in [3.63, 3.8) is 0 Å². The molecule has 1 atom stereocenters. The summed E-state index contributed by atoms with van der Waals surface area (Å²) in [5.41, 5.74) is 0.942. The summed E-state index contributed by atoms with van der Waals surface area (Å²) in [6.45, 7) is 0.848. The average molecular weight is 368 g/mol. The Morgan fingerprint density at radius 1 is 1.04 bits per heavy atom. The van der Waals surface area contributed by atoms with Crippen LogP contribution in [0, 0.1) is 0 Å². The second-order valence-electron chi connectivity index (χ2n) is 7.15. The molecule has 7 nitrogen and oxygen atoms in total. The van der Waals surface area contributed by atoms with Crippen LogP contribution in [0.15, 0.2) is 38.8 Å². The highest BCUT2D eigenvalue weighted by Gasteiger charge is 2.36. The average Bonchev–Trinajstić information content (AvgIpc) is 2.94. The van der Waals surface area contributed by atoms with E-state index in [1.54, 1.807) is 14.2 Å². The minimum absolute atomic E-state index is 0.248. The summed E-state index contributed by atoms with van der Waals surface area (Å²) in [6, 6.07) is 7.55. The van der Waals surface area contributed by atoms with E-state index in [9.17, 15) is 9.59 Å². The molecule has 1 fully saturated rings. The van der Waals surface area contributed by atoms with Gasteiger partial charge in [-0.05, 0) is 30.5 Å². The lowest BCUT2D eigenvalue weighted by molar-refractivity contribution is 0.341. The topological polar surface area (TPSA) is 68.8 Å². The van der Waals surface area contributed by atoms with Gasteiger partial charge in [0.15, 0.2) is 0 Å². The number of methoxy groups -OCH3 is 1. The van der Waals surface area contributed by atoms with Crippen LogP contribution in [0.25, 0.3) is 0 Å². The first-order chi connectivity index (χ1) is 13.0. The Balaban J connectivity index is 1.99. The van der Waals surface area contributed by atoms with E-state index in [-0.39, 0.29) is 17.3 Å². The van der Waals surface area contributed by atoms with Gasteiger partial charge in [-0.15, -0.1) is 0 Å². The largest absolute Gasteiger partial charge is 0.497 e. The van der Waals surface area contributed by atoms with Crippen LogP contribution in [0.5, 0.6) is 5.75 Å². The highest BCUT2D eigenvalue weighted by atomic mass is 16.5. The molecule has 4 rings (SSSR count). The fraction of sp³-hybridized carbons (Fsp3) is 0.450. The summed E-state index contributed by atoms with van der Waals surface area (Å²) >= 11 is 0. The molecule has 27 heavy (non-hydrogen) atoms. The van der Waals surface area contributed by atoms with E-state index in [0.717, 1.165) is 49.4 Å². The van der Waals surface area contributed by atoms with Gasteiger partial charge < -0.3 is 9.64 Å². The fourth-order valence-electron chi connectivity index (χ4n) is 4.06. The number of ether oxygens (including phenoxy) is 1. The van der Waals surface area contributed by atoms with Crippen LogP contribution in [0.4, 0.5) is 5.82 Å². The van der Waals surface area contributed by atoms with Crippen molar-refractivity contribution in [2.45, 2.75) is 31.7 Å². The van der Waals surface area contributed by atoms with E-state index in [1.807, 2.05) is 24.3 Å². The van der Waals surface area contributed by atoms with Gasteiger partial charge in [0.2, 0.25) is 0 Å². The van der Waals surface area contributed by atoms with E-state index in [1.165, 1.54) is 16.2 Å². The van der Waals surface area contributed by atoms with Crippen LogP contribution in [-0.2, 0) is 14.1 Å². The molecule has 0 N–H and O–H groups in total. The van der Waals surface area contributed by atoms with Crippen molar-refractivity contribution in [2.24, 2.45) is 19.1 Å². The smallest absolute Gasteiger partial charge is 0.332 e. The number of hydrogen-bond acceptors (Lipinski definition) is 5.